The molecule has 0 radical (unpaired) electrons. The van der Waals surface area contributed by atoms with Crippen LogP contribution in [0.5, 0.6) is 0 Å². The minimum absolute atomic E-state index is 0.498. The van der Waals surface area contributed by atoms with Gasteiger partial charge in [-0.3, -0.25) is 0 Å². The smallest absolute Gasteiger partial charge is 0.0993 e. The van der Waals surface area contributed by atoms with Gasteiger partial charge in [0.25, 0.3) is 0 Å². The Kier molecular flexibility index (Phi) is 1.88. The lowest BCUT2D eigenvalue weighted by molar-refractivity contribution is 0.752. The standard InChI is InChI=1S/C9H7N5/c10-6-7-3-8(11)5-9(4-7)14-12-1-2-13-14/h1-5H,11H2. The van der Waals surface area contributed by atoms with Gasteiger partial charge in [0, 0.05) is 5.69 Å². The van der Waals surface area contributed by atoms with E-state index in [1.165, 1.54) is 4.80 Å². The first-order valence-corrected chi connectivity index (χ1v) is 3.97. The fourth-order valence-electron chi connectivity index (χ4n) is 1.16. The lowest BCUT2D eigenvalue weighted by Gasteiger charge is -2.01. The van der Waals surface area contributed by atoms with Crippen LogP contribution in [0.1, 0.15) is 5.56 Å². The maximum Gasteiger partial charge on any atom is 0.0993 e. The maximum atomic E-state index is 8.73. The Bertz CT molecular complexity index is 480. The van der Waals surface area contributed by atoms with Crippen molar-refractivity contribution in [1.29, 1.82) is 5.26 Å². The van der Waals surface area contributed by atoms with Crippen molar-refractivity contribution in [3.63, 3.8) is 0 Å². The molecular formula is C9H7N5. The Labute approximate surface area is 80.4 Å². The highest BCUT2D eigenvalue weighted by atomic mass is 15.5. The number of hydrogen-bond acceptors (Lipinski definition) is 4. The summed E-state index contributed by atoms with van der Waals surface area (Å²) in [5, 5.41) is 16.6. The molecule has 1 aromatic carbocycles. The number of nitrogen functional groups attached to an aromatic ring is 1. The molecule has 5 nitrogen and oxygen atoms in total. The van der Waals surface area contributed by atoms with Crippen molar-refractivity contribution in [3.05, 3.63) is 36.2 Å². The minimum Gasteiger partial charge on any atom is -0.399 e. The van der Waals surface area contributed by atoms with Crippen molar-refractivity contribution >= 4 is 5.69 Å². The first kappa shape index (κ1) is 8.26. The number of rotatable bonds is 1. The van der Waals surface area contributed by atoms with Gasteiger partial charge in [0.2, 0.25) is 0 Å². The summed E-state index contributed by atoms with van der Waals surface area (Å²) in [5.41, 5.74) is 7.33. The zero-order chi connectivity index (χ0) is 9.97. The number of anilines is 1. The molecule has 0 amide bonds. The molecular weight excluding hydrogens is 178 g/mol. The topological polar surface area (TPSA) is 80.5 Å². The van der Waals surface area contributed by atoms with E-state index in [4.69, 9.17) is 11.0 Å². The van der Waals surface area contributed by atoms with Crippen molar-refractivity contribution in [2.24, 2.45) is 0 Å². The van der Waals surface area contributed by atoms with E-state index >= 15 is 0 Å². The number of hydrogen-bond donors (Lipinski definition) is 1. The van der Waals surface area contributed by atoms with Crippen LogP contribution >= 0.6 is 0 Å². The predicted molar refractivity (Wildman–Crippen MR) is 50.5 cm³/mol. The molecule has 0 aliphatic heterocycles. The molecule has 5 heteroatoms. The monoisotopic (exact) mass is 185 g/mol. The van der Waals surface area contributed by atoms with Gasteiger partial charge in [-0.2, -0.15) is 20.3 Å². The quantitative estimate of drug-likeness (QED) is 0.664. The predicted octanol–water partition coefficient (Wildman–Crippen LogP) is 0.721. The molecule has 0 bridgehead atoms. The highest BCUT2D eigenvalue weighted by Crippen LogP contribution is 2.13. The molecule has 0 aliphatic carbocycles. The third kappa shape index (κ3) is 1.41. The van der Waals surface area contributed by atoms with E-state index < -0.39 is 0 Å². The van der Waals surface area contributed by atoms with Crippen LogP contribution in [0.2, 0.25) is 0 Å². The van der Waals surface area contributed by atoms with Crippen LogP contribution in [0.15, 0.2) is 30.6 Å². The number of nitrogens with zero attached hydrogens (tertiary/aromatic N) is 4. The van der Waals surface area contributed by atoms with Gasteiger partial charge in [-0.25, -0.2) is 0 Å². The molecule has 2 aromatic rings. The molecule has 0 spiro atoms. The van der Waals surface area contributed by atoms with Crippen LogP contribution in [0.3, 0.4) is 0 Å². The third-order valence-electron chi connectivity index (χ3n) is 1.72. The summed E-state index contributed by atoms with van der Waals surface area (Å²) in [5.74, 6) is 0. The van der Waals surface area contributed by atoms with E-state index in [1.807, 2.05) is 6.07 Å². The maximum absolute atomic E-state index is 8.73. The summed E-state index contributed by atoms with van der Waals surface area (Å²) < 4.78 is 0. The SMILES string of the molecule is N#Cc1cc(N)cc(-n2nccn2)c1. The number of aromatic nitrogens is 3. The highest BCUT2D eigenvalue weighted by Gasteiger charge is 2.01. The van der Waals surface area contributed by atoms with Gasteiger partial charge in [0.05, 0.1) is 29.7 Å². The summed E-state index contributed by atoms with van der Waals surface area (Å²) in [7, 11) is 0. The van der Waals surface area contributed by atoms with Gasteiger partial charge in [-0.05, 0) is 18.2 Å². The fraction of sp³-hybridized carbons (Fsp3) is 0. The van der Waals surface area contributed by atoms with Crippen molar-refractivity contribution in [3.8, 4) is 11.8 Å². The van der Waals surface area contributed by atoms with E-state index in [0.29, 0.717) is 16.9 Å². The van der Waals surface area contributed by atoms with E-state index in [-0.39, 0.29) is 0 Å². The third-order valence-corrected chi connectivity index (χ3v) is 1.72. The molecule has 0 unspecified atom stereocenters. The Balaban J connectivity index is 2.55. The van der Waals surface area contributed by atoms with Crippen molar-refractivity contribution in [2.45, 2.75) is 0 Å². The Morgan fingerprint density at radius 3 is 2.57 bits per heavy atom. The Morgan fingerprint density at radius 1 is 1.21 bits per heavy atom. The van der Waals surface area contributed by atoms with Crippen LogP contribution in [0, 0.1) is 11.3 Å². The zero-order valence-corrected chi connectivity index (χ0v) is 7.25. The number of nitrogens with two attached hydrogens (primary N) is 1. The van der Waals surface area contributed by atoms with E-state index in [9.17, 15) is 0 Å². The molecule has 0 atom stereocenters. The van der Waals surface area contributed by atoms with Crippen LogP contribution < -0.4 is 5.73 Å². The van der Waals surface area contributed by atoms with Gasteiger partial charge >= 0.3 is 0 Å². The number of benzene rings is 1. The summed E-state index contributed by atoms with van der Waals surface area (Å²) in [6.07, 6.45) is 3.13. The molecule has 0 saturated carbocycles. The molecule has 0 saturated heterocycles. The van der Waals surface area contributed by atoms with E-state index in [0.717, 1.165) is 0 Å². The highest BCUT2D eigenvalue weighted by molar-refractivity contribution is 5.53. The lowest BCUT2D eigenvalue weighted by Crippen LogP contribution is -2.00. The van der Waals surface area contributed by atoms with Crippen LogP contribution in [0.4, 0.5) is 5.69 Å². The van der Waals surface area contributed by atoms with E-state index in [1.54, 1.807) is 30.6 Å². The number of nitriles is 1. The average Bonchev–Trinajstić information content (AvgIpc) is 2.69. The lowest BCUT2D eigenvalue weighted by atomic mass is 10.2. The average molecular weight is 185 g/mol. The second-order valence-corrected chi connectivity index (χ2v) is 2.74. The molecule has 68 valence electrons. The van der Waals surface area contributed by atoms with Crippen LogP contribution in [-0.2, 0) is 0 Å². The molecule has 14 heavy (non-hydrogen) atoms. The molecule has 0 fully saturated rings. The van der Waals surface area contributed by atoms with Crippen molar-refractivity contribution in [2.75, 3.05) is 5.73 Å². The Hall–Kier alpha value is -2.35. The largest absolute Gasteiger partial charge is 0.399 e. The first-order chi connectivity index (χ1) is 6.79. The normalized spacial score (nSPS) is 9.64. The van der Waals surface area contributed by atoms with Crippen molar-refractivity contribution in [1.82, 2.24) is 15.0 Å². The minimum atomic E-state index is 0.498. The van der Waals surface area contributed by atoms with Crippen LogP contribution in [0.25, 0.3) is 5.69 Å². The summed E-state index contributed by atoms with van der Waals surface area (Å²) >= 11 is 0. The zero-order valence-electron chi connectivity index (χ0n) is 7.25. The summed E-state index contributed by atoms with van der Waals surface area (Å²) in [6, 6.07) is 7.01. The summed E-state index contributed by atoms with van der Waals surface area (Å²) in [4.78, 5) is 1.41. The van der Waals surface area contributed by atoms with Gasteiger partial charge in [-0.15, -0.1) is 0 Å². The van der Waals surface area contributed by atoms with Crippen LogP contribution in [-0.4, -0.2) is 15.0 Å². The van der Waals surface area contributed by atoms with Gasteiger partial charge in [-0.1, -0.05) is 0 Å². The van der Waals surface area contributed by atoms with Gasteiger partial charge in [0.15, 0.2) is 0 Å². The second kappa shape index (κ2) is 3.18. The first-order valence-electron chi connectivity index (χ1n) is 3.97. The molecule has 2 N–H and O–H groups in total. The molecule has 1 heterocycles. The Morgan fingerprint density at radius 2 is 1.93 bits per heavy atom. The second-order valence-electron chi connectivity index (χ2n) is 2.74. The van der Waals surface area contributed by atoms with Gasteiger partial charge < -0.3 is 5.73 Å². The van der Waals surface area contributed by atoms with E-state index in [2.05, 4.69) is 10.2 Å². The molecule has 1 aromatic heterocycles. The molecule has 2 rings (SSSR count). The molecule has 0 aliphatic rings. The van der Waals surface area contributed by atoms with Crippen molar-refractivity contribution < 1.29 is 0 Å². The summed E-state index contributed by atoms with van der Waals surface area (Å²) in [6.45, 7) is 0. The fourth-order valence-corrected chi connectivity index (χ4v) is 1.16. The van der Waals surface area contributed by atoms with Gasteiger partial charge in [0.1, 0.15) is 0 Å².